The molecule has 6 nitrogen and oxygen atoms in total. The van der Waals surface area contributed by atoms with Gasteiger partial charge < -0.3 is 10.5 Å². The van der Waals surface area contributed by atoms with Crippen LogP contribution in [-0.4, -0.2) is 19.3 Å². The Morgan fingerprint density at radius 1 is 0.829 bits per heavy atom. The fourth-order valence-corrected chi connectivity index (χ4v) is 5.01. The van der Waals surface area contributed by atoms with Gasteiger partial charge in [-0.05, 0) is 55.9 Å². The number of nitrogens with zero attached hydrogens (tertiary/aromatic N) is 4. The largest absolute Gasteiger partial charge is 0.420 e. The molecule has 7 heteroatoms. The summed E-state index contributed by atoms with van der Waals surface area (Å²) in [4.78, 5) is 4.72. The molecular weight excluding hydrogens is 454 g/mol. The van der Waals surface area contributed by atoms with Crippen LogP contribution in [0.2, 0.25) is 0 Å². The van der Waals surface area contributed by atoms with Crippen LogP contribution in [0.1, 0.15) is 33.9 Å². The van der Waals surface area contributed by atoms with E-state index in [1.807, 2.05) is 72.3 Å². The summed E-state index contributed by atoms with van der Waals surface area (Å²) in [5, 5.41) is 4.86. The van der Waals surface area contributed by atoms with Crippen molar-refractivity contribution in [3.63, 3.8) is 0 Å². The van der Waals surface area contributed by atoms with Crippen LogP contribution in [0.3, 0.4) is 0 Å². The second kappa shape index (κ2) is 8.21. The zero-order valence-electron chi connectivity index (χ0n) is 19.3. The number of anilines is 1. The van der Waals surface area contributed by atoms with Crippen LogP contribution in [-0.2, 0) is 0 Å². The molecule has 1 atom stereocenters. The van der Waals surface area contributed by atoms with Gasteiger partial charge in [-0.25, -0.2) is 4.68 Å². The lowest BCUT2D eigenvalue weighted by molar-refractivity contribution is 0.401. The maximum absolute atomic E-state index is 6.87. The van der Waals surface area contributed by atoms with Crippen molar-refractivity contribution in [2.24, 2.45) is 0 Å². The third-order valence-corrected chi connectivity index (χ3v) is 6.67. The summed E-state index contributed by atoms with van der Waals surface area (Å²) in [6, 6.07) is 28.2. The number of benzene rings is 3. The van der Waals surface area contributed by atoms with Crippen molar-refractivity contribution in [3.8, 4) is 23.1 Å². The summed E-state index contributed by atoms with van der Waals surface area (Å²) in [6.45, 7) is 4.08. The molecular formula is C28H23N5OS. The number of aryl methyl sites for hydroxylation is 2. The lowest BCUT2D eigenvalue weighted by Gasteiger charge is -2.29. The number of aromatic nitrogens is 4. The number of nitrogen functional groups attached to an aromatic ring is 1. The predicted octanol–water partition coefficient (Wildman–Crippen LogP) is 6.27. The number of para-hydroxylation sites is 2. The van der Waals surface area contributed by atoms with Crippen LogP contribution in [0, 0.1) is 18.6 Å². The van der Waals surface area contributed by atoms with Crippen molar-refractivity contribution in [2.75, 3.05) is 5.73 Å². The highest BCUT2D eigenvalue weighted by Crippen LogP contribution is 2.50. The molecule has 0 fully saturated rings. The van der Waals surface area contributed by atoms with Crippen LogP contribution in [0.5, 0.6) is 11.8 Å². The van der Waals surface area contributed by atoms with Gasteiger partial charge in [-0.1, -0.05) is 66.2 Å². The van der Waals surface area contributed by atoms with Gasteiger partial charge >= 0.3 is 0 Å². The van der Waals surface area contributed by atoms with Gasteiger partial charge in [-0.2, -0.15) is 10.1 Å². The minimum Gasteiger partial charge on any atom is -0.420 e. The lowest BCUT2D eigenvalue weighted by Crippen LogP contribution is -2.20. The maximum atomic E-state index is 6.87. The minimum absolute atomic E-state index is 0.218. The van der Waals surface area contributed by atoms with Gasteiger partial charge in [0, 0.05) is 5.69 Å². The zero-order valence-corrected chi connectivity index (χ0v) is 20.2. The first kappa shape index (κ1) is 21.3. The highest BCUT2D eigenvalue weighted by molar-refractivity contribution is 7.71. The average Bonchev–Trinajstić information content (AvgIpc) is 3.20. The molecule has 0 aliphatic carbocycles. The molecule has 0 saturated carbocycles. The van der Waals surface area contributed by atoms with Crippen LogP contribution < -0.4 is 10.5 Å². The van der Waals surface area contributed by atoms with E-state index in [4.69, 9.17) is 32.8 Å². The molecule has 3 heterocycles. The minimum atomic E-state index is -0.218. The molecule has 172 valence electrons. The highest BCUT2D eigenvalue weighted by atomic mass is 32.1. The van der Waals surface area contributed by atoms with Crippen molar-refractivity contribution in [1.29, 1.82) is 0 Å². The summed E-state index contributed by atoms with van der Waals surface area (Å²) in [6.07, 6.45) is 0. The van der Waals surface area contributed by atoms with E-state index in [1.165, 1.54) is 5.56 Å². The molecule has 0 saturated heterocycles. The predicted molar refractivity (Wildman–Crippen MR) is 139 cm³/mol. The Morgan fingerprint density at radius 3 is 2.11 bits per heavy atom. The first-order chi connectivity index (χ1) is 17.0. The molecule has 6 rings (SSSR count). The van der Waals surface area contributed by atoms with Crippen molar-refractivity contribution < 1.29 is 4.74 Å². The molecule has 0 bridgehead atoms. The molecule has 2 aromatic heterocycles. The number of hydrogen-bond acceptors (Lipinski definition) is 5. The summed E-state index contributed by atoms with van der Waals surface area (Å²) in [7, 11) is 0. The fraction of sp³-hybridized carbons (Fsp3) is 0.107. The van der Waals surface area contributed by atoms with Gasteiger partial charge in [-0.15, -0.1) is 0 Å². The molecule has 0 spiro atoms. The molecule has 0 radical (unpaired) electrons. The second-order valence-electron chi connectivity index (χ2n) is 8.67. The van der Waals surface area contributed by atoms with E-state index >= 15 is 0 Å². The van der Waals surface area contributed by atoms with Crippen LogP contribution in [0.15, 0.2) is 84.9 Å². The fourth-order valence-electron chi connectivity index (χ4n) is 4.73. The normalized spacial score (nSPS) is 14.2. The Labute approximate surface area is 208 Å². The number of rotatable bonds is 3. The van der Waals surface area contributed by atoms with Crippen molar-refractivity contribution >= 4 is 18.0 Å². The van der Waals surface area contributed by atoms with Gasteiger partial charge in [0.15, 0.2) is 0 Å². The van der Waals surface area contributed by atoms with Crippen molar-refractivity contribution in [1.82, 2.24) is 19.3 Å². The number of ether oxygens (including phenoxy) is 1. The molecule has 5 aromatic rings. The molecule has 35 heavy (non-hydrogen) atoms. The van der Waals surface area contributed by atoms with Gasteiger partial charge in [0.2, 0.25) is 16.5 Å². The van der Waals surface area contributed by atoms with Crippen LogP contribution >= 0.6 is 12.2 Å². The SMILES string of the molecule is Cc1ccc(C2c3c(C)nn(-c4ccccc4)c3Oc3nc(=S)n(-c4ccccc4)c(N)c32)cc1. The third-order valence-electron chi connectivity index (χ3n) is 6.39. The Morgan fingerprint density at radius 2 is 1.46 bits per heavy atom. The zero-order chi connectivity index (χ0) is 24.1. The maximum Gasteiger partial charge on any atom is 0.231 e. The first-order valence-electron chi connectivity index (χ1n) is 11.4. The van der Waals surface area contributed by atoms with Crippen molar-refractivity contribution in [2.45, 2.75) is 19.8 Å². The van der Waals surface area contributed by atoms with Crippen LogP contribution in [0.4, 0.5) is 5.82 Å². The number of nitrogens with two attached hydrogens (primary N) is 1. The van der Waals surface area contributed by atoms with Gasteiger partial charge in [0.1, 0.15) is 5.82 Å². The summed E-state index contributed by atoms with van der Waals surface area (Å²) in [5.74, 6) is 1.33. The molecule has 1 aliphatic rings. The topological polar surface area (TPSA) is 70.9 Å². The van der Waals surface area contributed by atoms with E-state index in [1.54, 1.807) is 4.57 Å². The Kier molecular flexibility index (Phi) is 5.00. The van der Waals surface area contributed by atoms with E-state index in [-0.39, 0.29) is 5.92 Å². The van der Waals surface area contributed by atoms with E-state index in [2.05, 4.69) is 31.2 Å². The Balaban J connectivity index is 1.65. The Hall–Kier alpha value is -4.23. The summed E-state index contributed by atoms with van der Waals surface area (Å²) in [5.41, 5.74) is 13.5. The van der Waals surface area contributed by atoms with E-state index < -0.39 is 0 Å². The van der Waals surface area contributed by atoms with E-state index in [0.717, 1.165) is 33.8 Å². The molecule has 0 amide bonds. The van der Waals surface area contributed by atoms with Crippen molar-refractivity contribution in [3.05, 3.63) is 118 Å². The number of hydrogen-bond donors (Lipinski definition) is 1. The van der Waals surface area contributed by atoms with Gasteiger partial charge in [-0.3, -0.25) is 4.57 Å². The highest BCUT2D eigenvalue weighted by Gasteiger charge is 2.38. The summed E-state index contributed by atoms with van der Waals surface area (Å²) < 4.78 is 10.4. The van der Waals surface area contributed by atoms with E-state index in [0.29, 0.717) is 22.3 Å². The average molecular weight is 478 g/mol. The van der Waals surface area contributed by atoms with Gasteiger partial charge in [0.25, 0.3) is 0 Å². The second-order valence-corrected chi connectivity index (χ2v) is 9.03. The third kappa shape index (κ3) is 3.43. The summed E-state index contributed by atoms with van der Waals surface area (Å²) >= 11 is 5.68. The molecule has 2 N–H and O–H groups in total. The van der Waals surface area contributed by atoms with E-state index in [9.17, 15) is 0 Å². The van der Waals surface area contributed by atoms with Crippen LogP contribution in [0.25, 0.3) is 11.4 Å². The molecule has 1 unspecified atom stereocenters. The smallest absolute Gasteiger partial charge is 0.231 e. The molecule has 1 aliphatic heterocycles. The monoisotopic (exact) mass is 477 g/mol. The quantitative estimate of drug-likeness (QED) is 0.304. The standard InChI is InChI=1S/C28H23N5OS/c1-17-13-15-19(16-14-17)23-22-18(2)31-33(21-11-7-4-8-12-21)27(22)34-26-24(23)25(29)32(28(35)30-26)20-9-5-3-6-10-20/h3-16,23H,29H2,1-2H3. The number of fused-ring (bicyclic) bond motifs is 2. The van der Waals surface area contributed by atoms with Gasteiger partial charge in [0.05, 0.1) is 28.4 Å². The lowest BCUT2D eigenvalue weighted by atomic mass is 9.84. The Bertz CT molecular complexity index is 1610. The first-order valence-corrected chi connectivity index (χ1v) is 11.8. The molecule has 3 aromatic carbocycles.